The number of benzene rings is 2. The van der Waals surface area contributed by atoms with Gasteiger partial charge < -0.3 is 19.4 Å². The molecule has 2 amide bonds. The Labute approximate surface area is 188 Å². The SMILES string of the molecule is O=C(c1cccc(N2CCOCC2)c1)N1CCC(N(C(=O)CCl)c2ccccc2)CC1. The zero-order chi connectivity index (χ0) is 21.6. The molecule has 7 heteroatoms. The number of halogens is 1. The van der Waals surface area contributed by atoms with Gasteiger partial charge in [-0.05, 0) is 43.2 Å². The number of morpholine rings is 1. The van der Waals surface area contributed by atoms with Gasteiger partial charge in [-0.15, -0.1) is 11.6 Å². The summed E-state index contributed by atoms with van der Waals surface area (Å²) in [6, 6.07) is 17.5. The summed E-state index contributed by atoms with van der Waals surface area (Å²) >= 11 is 5.89. The molecule has 0 radical (unpaired) electrons. The lowest BCUT2D eigenvalue weighted by atomic mass is 10.0. The number of alkyl halides is 1. The summed E-state index contributed by atoms with van der Waals surface area (Å²) in [5, 5.41) is 0. The number of hydrogen-bond donors (Lipinski definition) is 0. The molecule has 2 heterocycles. The van der Waals surface area contributed by atoms with E-state index in [1.165, 1.54) is 0 Å². The number of para-hydroxylation sites is 1. The maximum absolute atomic E-state index is 13.2. The minimum absolute atomic E-state index is 0.0392. The van der Waals surface area contributed by atoms with Crippen LogP contribution in [0.15, 0.2) is 54.6 Å². The smallest absolute Gasteiger partial charge is 0.253 e. The van der Waals surface area contributed by atoms with Crippen molar-refractivity contribution < 1.29 is 14.3 Å². The van der Waals surface area contributed by atoms with Crippen molar-refractivity contribution in [3.8, 4) is 0 Å². The molecule has 0 spiro atoms. The molecule has 0 aromatic heterocycles. The number of ether oxygens (including phenoxy) is 1. The Bertz CT molecular complexity index is 894. The van der Waals surface area contributed by atoms with Crippen LogP contribution in [0.4, 0.5) is 11.4 Å². The van der Waals surface area contributed by atoms with Crippen LogP contribution in [0.1, 0.15) is 23.2 Å². The zero-order valence-electron chi connectivity index (χ0n) is 17.6. The normalized spacial score (nSPS) is 17.5. The van der Waals surface area contributed by atoms with Gasteiger partial charge in [-0.3, -0.25) is 9.59 Å². The number of likely N-dealkylation sites (tertiary alicyclic amines) is 1. The van der Waals surface area contributed by atoms with Gasteiger partial charge in [-0.25, -0.2) is 0 Å². The van der Waals surface area contributed by atoms with Gasteiger partial charge in [0.15, 0.2) is 0 Å². The minimum atomic E-state index is -0.101. The van der Waals surface area contributed by atoms with Crippen LogP contribution in [0.3, 0.4) is 0 Å². The van der Waals surface area contributed by atoms with Gasteiger partial charge >= 0.3 is 0 Å². The molecule has 0 aliphatic carbocycles. The van der Waals surface area contributed by atoms with Crippen LogP contribution < -0.4 is 9.80 Å². The number of anilines is 2. The van der Waals surface area contributed by atoms with E-state index in [2.05, 4.69) is 4.90 Å². The van der Waals surface area contributed by atoms with Gasteiger partial charge in [0.25, 0.3) is 5.91 Å². The second kappa shape index (κ2) is 10.2. The van der Waals surface area contributed by atoms with E-state index in [4.69, 9.17) is 16.3 Å². The highest BCUT2D eigenvalue weighted by molar-refractivity contribution is 6.29. The third kappa shape index (κ3) is 5.02. The molecular weight excluding hydrogens is 414 g/mol. The van der Waals surface area contributed by atoms with Gasteiger partial charge in [0.05, 0.1) is 13.2 Å². The first-order valence-corrected chi connectivity index (χ1v) is 11.4. The molecule has 2 aromatic carbocycles. The highest BCUT2D eigenvalue weighted by atomic mass is 35.5. The van der Waals surface area contributed by atoms with Crippen molar-refractivity contribution >= 4 is 34.8 Å². The van der Waals surface area contributed by atoms with Crippen molar-refractivity contribution in [2.75, 3.05) is 55.1 Å². The fourth-order valence-electron chi connectivity index (χ4n) is 4.38. The summed E-state index contributed by atoms with van der Waals surface area (Å²) in [4.78, 5) is 31.6. The number of rotatable bonds is 5. The van der Waals surface area contributed by atoms with Gasteiger partial charge in [0.2, 0.25) is 5.91 Å². The molecule has 2 aromatic rings. The molecule has 0 unspecified atom stereocenters. The summed E-state index contributed by atoms with van der Waals surface area (Å²) in [6.07, 6.45) is 1.46. The van der Waals surface area contributed by atoms with E-state index in [0.29, 0.717) is 31.9 Å². The van der Waals surface area contributed by atoms with Crippen molar-refractivity contribution in [3.05, 3.63) is 60.2 Å². The Morgan fingerprint density at radius 3 is 2.35 bits per heavy atom. The lowest BCUT2D eigenvalue weighted by Crippen LogP contribution is -2.49. The summed E-state index contributed by atoms with van der Waals surface area (Å²) in [5.74, 6) is -0.109. The van der Waals surface area contributed by atoms with E-state index in [-0.39, 0.29) is 23.7 Å². The van der Waals surface area contributed by atoms with Crippen LogP contribution in [0.5, 0.6) is 0 Å². The topological polar surface area (TPSA) is 53.1 Å². The quantitative estimate of drug-likeness (QED) is 0.667. The van der Waals surface area contributed by atoms with Crippen LogP contribution in [-0.4, -0.2) is 68.0 Å². The summed E-state index contributed by atoms with van der Waals surface area (Å²) in [5.41, 5.74) is 2.63. The number of carbonyl (C=O) groups is 2. The van der Waals surface area contributed by atoms with Gasteiger partial charge in [0, 0.05) is 49.2 Å². The first-order valence-electron chi connectivity index (χ1n) is 10.8. The van der Waals surface area contributed by atoms with Crippen LogP contribution >= 0.6 is 11.6 Å². The minimum Gasteiger partial charge on any atom is -0.378 e. The molecule has 6 nitrogen and oxygen atoms in total. The second-order valence-corrected chi connectivity index (χ2v) is 8.17. The highest BCUT2D eigenvalue weighted by Gasteiger charge is 2.30. The van der Waals surface area contributed by atoms with E-state index >= 15 is 0 Å². The highest BCUT2D eigenvalue weighted by Crippen LogP contribution is 2.26. The monoisotopic (exact) mass is 441 g/mol. The molecule has 0 saturated carbocycles. The average Bonchev–Trinajstić information content (AvgIpc) is 2.85. The van der Waals surface area contributed by atoms with Crippen molar-refractivity contribution in [1.29, 1.82) is 0 Å². The number of hydrogen-bond acceptors (Lipinski definition) is 4. The molecule has 31 heavy (non-hydrogen) atoms. The Kier molecular flexibility index (Phi) is 7.10. The third-order valence-corrected chi connectivity index (χ3v) is 6.23. The maximum Gasteiger partial charge on any atom is 0.253 e. The van der Waals surface area contributed by atoms with Crippen LogP contribution in [0.25, 0.3) is 0 Å². The largest absolute Gasteiger partial charge is 0.378 e. The Balaban J connectivity index is 1.42. The second-order valence-electron chi connectivity index (χ2n) is 7.91. The number of piperidine rings is 1. The molecule has 2 saturated heterocycles. The van der Waals surface area contributed by atoms with Crippen LogP contribution in [-0.2, 0) is 9.53 Å². The Morgan fingerprint density at radius 2 is 1.68 bits per heavy atom. The molecule has 0 N–H and O–H groups in total. The molecular formula is C24H28ClN3O3. The average molecular weight is 442 g/mol. The summed E-state index contributed by atoms with van der Waals surface area (Å²) in [7, 11) is 0. The maximum atomic E-state index is 13.2. The fourth-order valence-corrected chi connectivity index (χ4v) is 4.51. The standard InChI is InChI=1S/C24H28ClN3O3/c25-18-23(29)28(20-6-2-1-3-7-20)21-9-11-27(12-10-21)24(30)19-5-4-8-22(17-19)26-13-15-31-16-14-26/h1-8,17,21H,9-16,18H2. The molecule has 0 atom stereocenters. The molecule has 164 valence electrons. The predicted molar refractivity (Wildman–Crippen MR) is 123 cm³/mol. The van der Waals surface area contributed by atoms with E-state index in [1.54, 1.807) is 4.90 Å². The van der Waals surface area contributed by atoms with Crippen LogP contribution in [0, 0.1) is 0 Å². The molecule has 2 fully saturated rings. The Morgan fingerprint density at radius 1 is 0.968 bits per heavy atom. The van der Waals surface area contributed by atoms with Gasteiger partial charge in [-0.2, -0.15) is 0 Å². The van der Waals surface area contributed by atoms with E-state index in [0.717, 1.165) is 37.3 Å². The van der Waals surface area contributed by atoms with Crippen molar-refractivity contribution in [3.63, 3.8) is 0 Å². The summed E-state index contributed by atoms with van der Waals surface area (Å²) in [6.45, 7) is 4.34. The zero-order valence-corrected chi connectivity index (χ0v) is 18.3. The van der Waals surface area contributed by atoms with E-state index in [1.807, 2.05) is 59.5 Å². The molecule has 2 aliphatic heterocycles. The molecule has 0 bridgehead atoms. The number of nitrogens with zero attached hydrogens (tertiary/aromatic N) is 3. The van der Waals surface area contributed by atoms with Crippen molar-refractivity contribution in [2.24, 2.45) is 0 Å². The molecule has 2 aliphatic rings. The van der Waals surface area contributed by atoms with Gasteiger partial charge in [0.1, 0.15) is 5.88 Å². The first kappa shape index (κ1) is 21.7. The lowest BCUT2D eigenvalue weighted by molar-refractivity contribution is -0.116. The van der Waals surface area contributed by atoms with Crippen molar-refractivity contribution in [2.45, 2.75) is 18.9 Å². The fraction of sp³-hybridized carbons (Fsp3) is 0.417. The van der Waals surface area contributed by atoms with E-state index < -0.39 is 0 Å². The van der Waals surface area contributed by atoms with Crippen molar-refractivity contribution in [1.82, 2.24) is 4.90 Å². The lowest BCUT2D eigenvalue weighted by Gasteiger charge is -2.38. The van der Waals surface area contributed by atoms with E-state index in [9.17, 15) is 9.59 Å². The Hall–Kier alpha value is -2.57. The van der Waals surface area contributed by atoms with Crippen LogP contribution in [0.2, 0.25) is 0 Å². The predicted octanol–water partition coefficient (Wildman–Crippen LogP) is 3.40. The van der Waals surface area contributed by atoms with Gasteiger partial charge in [-0.1, -0.05) is 24.3 Å². The summed E-state index contributed by atoms with van der Waals surface area (Å²) < 4.78 is 5.43. The number of amides is 2. The third-order valence-electron chi connectivity index (χ3n) is 6.00. The number of carbonyl (C=O) groups excluding carboxylic acids is 2. The molecule has 4 rings (SSSR count). The first-order chi connectivity index (χ1) is 15.2.